The third kappa shape index (κ3) is 3.54. The lowest BCUT2D eigenvalue weighted by Crippen LogP contribution is -2.56. The molecule has 0 saturated carbocycles. The number of esters is 1. The van der Waals surface area contributed by atoms with Crippen LogP contribution in [0.25, 0.3) is 0 Å². The molecule has 138 valence electrons. The first-order chi connectivity index (χ1) is 12.4. The maximum atomic E-state index is 12.9. The van der Waals surface area contributed by atoms with Gasteiger partial charge in [0, 0.05) is 31.0 Å². The Hall–Kier alpha value is -2.13. The highest BCUT2D eigenvalue weighted by Crippen LogP contribution is 2.44. The highest BCUT2D eigenvalue weighted by molar-refractivity contribution is 5.89. The Bertz CT molecular complexity index is 728. The van der Waals surface area contributed by atoms with Gasteiger partial charge in [0.15, 0.2) is 0 Å². The van der Waals surface area contributed by atoms with Gasteiger partial charge >= 0.3 is 5.97 Å². The number of ether oxygens (including phenoxy) is 1. The summed E-state index contributed by atoms with van der Waals surface area (Å²) >= 11 is 0. The maximum absolute atomic E-state index is 12.9. The number of hydrogen-bond donors (Lipinski definition) is 0. The molecule has 0 bridgehead atoms. The molecule has 0 N–H and O–H groups in total. The highest BCUT2D eigenvalue weighted by Gasteiger charge is 2.48. The van der Waals surface area contributed by atoms with Crippen molar-refractivity contribution in [2.75, 3.05) is 6.54 Å². The molecule has 0 aromatic heterocycles. The van der Waals surface area contributed by atoms with E-state index < -0.39 is 5.60 Å². The van der Waals surface area contributed by atoms with E-state index in [1.54, 1.807) is 0 Å². The van der Waals surface area contributed by atoms with Crippen molar-refractivity contribution < 1.29 is 9.53 Å². The summed E-state index contributed by atoms with van der Waals surface area (Å²) in [5.74, 6) is -0.0392. The minimum atomic E-state index is -0.598. The summed E-state index contributed by atoms with van der Waals surface area (Å²) < 4.78 is 6.30. The second-order valence-corrected chi connectivity index (χ2v) is 7.76. The summed E-state index contributed by atoms with van der Waals surface area (Å²) in [5, 5.41) is 0. The molecule has 1 aliphatic heterocycles. The first-order valence-electron chi connectivity index (χ1n) is 9.53. The van der Waals surface area contributed by atoms with Gasteiger partial charge in [0.1, 0.15) is 5.60 Å². The van der Waals surface area contributed by atoms with Gasteiger partial charge in [-0.3, -0.25) is 4.90 Å². The van der Waals surface area contributed by atoms with Crippen LogP contribution in [0.4, 0.5) is 0 Å². The molecule has 0 amide bonds. The Balaban J connectivity index is 1.97. The van der Waals surface area contributed by atoms with Gasteiger partial charge < -0.3 is 4.74 Å². The molecule has 2 aromatic carbocycles. The van der Waals surface area contributed by atoms with Crippen LogP contribution in [0, 0.1) is 5.92 Å². The van der Waals surface area contributed by atoms with Crippen LogP contribution < -0.4 is 0 Å². The van der Waals surface area contributed by atoms with Gasteiger partial charge in [-0.15, -0.1) is 0 Å². The normalized spacial score (nSPS) is 26.7. The van der Waals surface area contributed by atoms with Crippen LogP contribution >= 0.6 is 0 Å². The van der Waals surface area contributed by atoms with Crippen LogP contribution in [-0.4, -0.2) is 29.5 Å². The molecular formula is C23H29NO2. The van der Waals surface area contributed by atoms with E-state index in [-0.39, 0.29) is 11.9 Å². The van der Waals surface area contributed by atoms with Crippen LogP contribution in [0.1, 0.15) is 50.0 Å². The summed E-state index contributed by atoms with van der Waals surface area (Å²) in [6, 6.07) is 20.4. The summed E-state index contributed by atoms with van der Waals surface area (Å²) in [5.41, 5.74) is 1.10. The molecular weight excluding hydrogens is 322 g/mol. The second-order valence-electron chi connectivity index (χ2n) is 7.76. The predicted octanol–water partition coefficient (Wildman–Crippen LogP) is 4.88. The third-order valence-electron chi connectivity index (χ3n) is 5.66. The van der Waals surface area contributed by atoms with Gasteiger partial charge in [-0.25, -0.2) is 4.79 Å². The average molecular weight is 351 g/mol. The summed E-state index contributed by atoms with van der Waals surface area (Å²) in [7, 11) is 0. The zero-order valence-corrected chi connectivity index (χ0v) is 16.2. The van der Waals surface area contributed by atoms with E-state index in [1.165, 1.54) is 0 Å². The van der Waals surface area contributed by atoms with Crippen molar-refractivity contribution in [1.82, 2.24) is 4.90 Å². The smallest absolute Gasteiger partial charge is 0.339 e. The molecule has 3 nitrogen and oxygen atoms in total. The van der Waals surface area contributed by atoms with Gasteiger partial charge in [0.2, 0.25) is 0 Å². The van der Waals surface area contributed by atoms with Crippen LogP contribution in [0.15, 0.2) is 60.7 Å². The second kappa shape index (κ2) is 7.63. The van der Waals surface area contributed by atoms with E-state index in [2.05, 4.69) is 44.7 Å². The number of hydrogen-bond acceptors (Lipinski definition) is 3. The number of likely N-dealkylation sites (tertiary alicyclic amines) is 1. The quantitative estimate of drug-likeness (QED) is 0.736. The fourth-order valence-electron chi connectivity index (χ4n) is 4.24. The SMILES string of the molecule is CC(C)N1C[C@H](C)[C@@](OC(=O)c2ccccc2)(c2ccccc2)C[C@H]1C. The molecule has 0 spiro atoms. The minimum absolute atomic E-state index is 0.205. The lowest BCUT2D eigenvalue weighted by molar-refractivity contribution is -0.109. The zero-order valence-electron chi connectivity index (χ0n) is 16.2. The number of piperidine rings is 1. The van der Waals surface area contributed by atoms with E-state index >= 15 is 0 Å². The lowest BCUT2D eigenvalue weighted by Gasteiger charge is -2.50. The van der Waals surface area contributed by atoms with Crippen LogP contribution in [-0.2, 0) is 10.3 Å². The Morgan fingerprint density at radius 2 is 1.62 bits per heavy atom. The van der Waals surface area contributed by atoms with Crippen molar-refractivity contribution in [3.8, 4) is 0 Å². The highest BCUT2D eigenvalue weighted by atomic mass is 16.6. The van der Waals surface area contributed by atoms with Crippen molar-refractivity contribution in [3.05, 3.63) is 71.8 Å². The topological polar surface area (TPSA) is 29.5 Å². The molecule has 3 atom stereocenters. The lowest BCUT2D eigenvalue weighted by atomic mass is 9.73. The standard InChI is InChI=1S/C23H29NO2/c1-17(2)24-16-18(3)23(15-19(24)4,21-13-9-6-10-14-21)26-22(25)20-11-7-5-8-12-20/h5-14,17-19H,15-16H2,1-4H3/t18-,19+,23+/m0/s1. The largest absolute Gasteiger partial charge is 0.450 e. The van der Waals surface area contributed by atoms with Gasteiger partial charge in [-0.05, 0) is 38.5 Å². The molecule has 0 unspecified atom stereocenters. The Morgan fingerprint density at radius 3 is 2.19 bits per heavy atom. The summed E-state index contributed by atoms with van der Waals surface area (Å²) in [6.07, 6.45) is 0.801. The Labute approximate surface area is 157 Å². The van der Waals surface area contributed by atoms with E-state index in [9.17, 15) is 4.79 Å². The van der Waals surface area contributed by atoms with Crippen molar-refractivity contribution in [2.24, 2.45) is 5.92 Å². The first kappa shape index (κ1) is 18.7. The fourth-order valence-corrected chi connectivity index (χ4v) is 4.24. The molecule has 3 heteroatoms. The summed E-state index contributed by atoms with van der Waals surface area (Å²) in [6.45, 7) is 9.81. The van der Waals surface area contributed by atoms with Crippen LogP contribution in [0.5, 0.6) is 0 Å². The van der Waals surface area contributed by atoms with Crippen molar-refractivity contribution >= 4 is 5.97 Å². The zero-order chi connectivity index (χ0) is 18.7. The number of benzene rings is 2. The van der Waals surface area contributed by atoms with Gasteiger partial charge in [0.25, 0.3) is 0 Å². The average Bonchev–Trinajstić information content (AvgIpc) is 2.65. The number of carbonyl (C=O) groups is 1. The molecule has 26 heavy (non-hydrogen) atoms. The predicted molar refractivity (Wildman–Crippen MR) is 105 cm³/mol. The minimum Gasteiger partial charge on any atom is -0.450 e. The molecule has 1 aliphatic rings. The van der Waals surface area contributed by atoms with Gasteiger partial charge in [-0.2, -0.15) is 0 Å². The molecule has 1 saturated heterocycles. The fraction of sp³-hybridized carbons (Fsp3) is 0.435. The number of nitrogens with zero attached hydrogens (tertiary/aromatic N) is 1. The number of rotatable bonds is 4. The van der Waals surface area contributed by atoms with Gasteiger partial charge in [-0.1, -0.05) is 55.5 Å². The maximum Gasteiger partial charge on any atom is 0.339 e. The number of carbonyl (C=O) groups excluding carboxylic acids is 1. The van der Waals surface area contributed by atoms with E-state index in [0.717, 1.165) is 18.5 Å². The third-order valence-corrected chi connectivity index (χ3v) is 5.66. The monoisotopic (exact) mass is 351 g/mol. The van der Waals surface area contributed by atoms with E-state index in [1.807, 2.05) is 48.5 Å². The van der Waals surface area contributed by atoms with E-state index in [0.29, 0.717) is 17.6 Å². The molecule has 3 rings (SSSR count). The van der Waals surface area contributed by atoms with Crippen molar-refractivity contribution in [3.63, 3.8) is 0 Å². The summed E-state index contributed by atoms with van der Waals surface area (Å²) in [4.78, 5) is 15.4. The molecule has 2 aromatic rings. The van der Waals surface area contributed by atoms with E-state index in [4.69, 9.17) is 4.74 Å². The van der Waals surface area contributed by atoms with Crippen molar-refractivity contribution in [2.45, 2.75) is 51.8 Å². The Morgan fingerprint density at radius 1 is 1.04 bits per heavy atom. The molecule has 0 aliphatic carbocycles. The molecule has 0 radical (unpaired) electrons. The Kier molecular flexibility index (Phi) is 5.47. The molecule has 1 fully saturated rings. The van der Waals surface area contributed by atoms with Crippen LogP contribution in [0.3, 0.4) is 0 Å². The van der Waals surface area contributed by atoms with Gasteiger partial charge in [0.05, 0.1) is 5.56 Å². The molecule has 1 heterocycles. The van der Waals surface area contributed by atoms with Crippen molar-refractivity contribution in [1.29, 1.82) is 0 Å². The first-order valence-corrected chi connectivity index (χ1v) is 9.53. The van der Waals surface area contributed by atoms with Crippen LogP contribution in [0.2, 0.25) is 0 Å².